The van der Waals surface area contributed by atoms with Crippen LogP contribution in [0.25, 0.3) is 10.2 Å². The quantitative estimate of drug-likeness (QED) is 0.734. The van der Waals surface area contributed by atoms with Crippen molar-refractivity contribution < 1.29 is 14.7 Å². The molecule has 26 heavy (non-hydrogen) atoms. The lowest BCUT2D eigenvalue weighted by atomic mass is 10.0. The van der Waals surface area contributed by atoms with Crippen LogP contribution in [0.15, 0.2) is 41.5 Å². The van der Waals surface area contributed by atoms with Crippen molar-refractivity contribution in [1.82, 2.24) is 9.55 Å². The highest BCUT2D eigenvalue weighted by molar-refractivity contribution is 7.18. The number of carbonyl (C=O) groups is 2. The molecule has 1 aromatic carbocycles. The summed E-state index contributed by atoms with van der Waals surface area (Å²) in [4.78, 5) is 42.3. The number of carboxylic acid groups (broad SMARTS) is 1. The third-order valence-electron chi connectivity index (χ3n) is 4.47. The van der Waals surface area contributed by atoms with Crippen molar-refractivity contribution in [3.8, 4) is 0 Å². The third-order valence-corrected chi connectivity index (χ3v) is 5.64. The van der Waals surface area contributed by atoms with Crippen LogP contribution in [0.2, 0.25) is 0 Å². The topological polar surface area (TPSA) is 101 Å². The summed E-state index contributed by atoms with van der Waals surface area (Å²) in [6.07, 6.45) is 2.48. The maximum absolute atomic E-state index is 12.9. The van der Waals surface area contributed by atoms with Crippen molar-refractivity contribution in [2.45, 2.75) is 25.3 Å². The Kier molecular flexibility index (Phi) is 4.04. The molecule has 0 saturated carbocycles. The van der Waals surface area contributed by atoms with Gasteiger partial charge in [-0.1, -0.05) is 18.2 Å². The molecule has 132 valence electrons. The van der Waals surface area contributed by atoms with Gasteiger partial charge in [-0.2, -0.15) is 0 Å². The number of hydrogen-bond acceptors (Lipinski definition) is 5. The van der Waals surface area contributed by atoms with E-state index in [1.165, 1.54) is 22.2 Å². The van der Waals surface area contributed by atoms with Gasteiger partial charge in [0, 0.05) is 10.6 Å². The minimum Gasteiger partial charge on any atom is -0.481 e. The van der Waals surface area contributed by atoms with E-state index >= 15 is 0 Å². The van der Waals surface area contributed by atoms with Crippen LogP contribution >= 0.6 is 11.3 Å². The average molecular weight is 369 g/mol. The number of anilines is 1. The number of thiophene rings is 1. The first kappa shape index (κ1) is 16.5. The van der Waals surface area contributed by atoms with Crippen LogP contribution in [-0.4, -0.2) is 26.5 Å². The van der Waals surface area contributed by atoms with Crippen molar-refractivity contribution in [3.63, 3.8) is 0 Å². The number of aromatic nitrogens is 2. The summed E-state index contributed by atoms with van der Waals surface area (Å²) in [6, 6.07) is 8.96. The summed E-state index contributed by atoms with van der Waals surface area (Å²) in [5.74, 6) is -1.96. The number of rotatable bonds is 4. The Balaban J connectivity index is 1.68. The molecule has 0 aliphatic heterocycles. The van der Waals surface area contributed by atoms with Gasteiger partial charge in [0.05, 0.1) is 17.6 Å². The summed E-state index contributed by atoms with van der Waals surface area (Å²) >= 11 is 1.36. The number of para-hydroxylation sites is 1. The number of carbonyl (C=O) groups excluding carboxylic acids is 1. The van der Waals surface area contributed by atoms with E-state index in [2.05, 4.69) is 10.3 Å². The fraction of sp³-hybridized carbons (Fsp3) is 0.222. The number of fused-ring (bicyclic) bond motifs is 3. The summed E-state index contributed by atoms with van der Waals surface area (Å²) < 4.78 is 1.23. The third kappa shape index (κ3) is 2.78. The monoisotopic (exact) mass is 369 g/mol. The van der Waals surface area contributed by atoms with Crippen LogP contribution in [0.4, 0.5) is 5.69 Å². The SMILES string of the molecule is O=C(Cn1cnc2sc3c(c2c1=O)C(C(=O)O)CC3)Nc1ccccc1. The molecule has 8 heteroatoms. The number of carboxylic acids is 1. The summed E-state index contributed by atoms with van der Waals surface area (Å²) in [6.45, 7) is -0.182. The zero-order valence-corrected chi connectivity index (χ0v) is 14.5. The van der Waals surface area contributed by atoms with Gasteiger partial charge in [-0.25, -0.2) is 4.98 Å². The molecule has 1 amide bonds. The smallest absolute Gasteiger partial charge is 0.311 e. The molecule has 0 bridgehead atoms. The molecule has 1 atom stereocenters. The van der Waals surface area contributed by atoms with E-state index < -0.39 is 11.9 Å². The van der Waals surface area contributed by atoms with Gasteiger partial charge in [0.1, 0.15) is 11.4 Å². The molecular weight excluding hydrogens is 354 g/mol. The molecule has 0 fully saturated rings. The second-order valence-electron chi connectivity index (χ2n) is 6.14. The van der Waals surface area contributed by atoms with Gasteiger partial charge in [-0.3, -0.25) is 19.0 Å². The van der Waals surface area contributed by atoms with Gasteiger partial charge >= 0.3 is 5.97 Å². The lowest BCUT2D eigenvalue weighted by Gasteiger charge is -2.08. The largest absolute Gasteiger partial charge is 0.481 e. The molecule has 7 nitrogen and oxygen atoms in total. The van der Waals surface area contributed by atoms with Gasteiger partial charge in [0.15, 0.2) is 0 Å². The van der Waals surface area contributed by atoms with Crippen LogP contribution in [-0.2, 0) is 22.6 Å². The number of aryl methyl sites for hydroxylation is 1. The highest BCUT2D eigenvalue weighted by Gasteiger charge is 2.34. The highest BCUT2D eigenvalue weighted by atomic mass is 32.1. The average Bonchev–Trinajstić information content (AvgIpc) is 3.17. The number of amides is 1. The van der Waals surface area contributed by atoms with E-state index in [0.29, 0.717) is 34.3 Å². The Morgan fingerprint density at radius 2 is 2.08 bits per heavy atom. The molecule has 1 aliphatic rings. The highest BCUT2D eigenvalue weighted by Crippen LogP contribution is 2.41. The second kappa shape index (κ2) is 6.38. The number of nitrogens with one attached hydrogen (secondary N) is 1. The molecule has 1 aliphatic carbocycles. The van der Waals surface area contributed by atoms with Crippen LogP contribution < -0.4 is 10.9 Å². The fourth-order valence-electron chi connectivity index (χ4n) is 3.30. The molecule has 1 unspecified atom stereocenters. The predicted molar refractivity (Wildman–Crippen MR) is 97.6 cm³/mol. The van der Waals surface area contributed by atoms with Crippen molar-refractivity contribution in [2.75, 3.05) is 5.32 Å². The van der Waals surface area contributed by atoms with E-state index in [9.17, 15) is 19.5 Å². The van der Waals surface area contributed by atoms with Gasteiger partial charge in [-0.15, -0.1) is 11.3 Å². The summed E-state index contributed by atoms with van der Waals surface area (Å²) in [5, 5.41) is 12.5. The molecule has 0 radical (unpaired) electrons. The van der Waals surface area contributed by atoms with Crippen molar-refractivity contribution in [1.29, 1.82) is 0 Å². The molecule has 4 rings (SSSR count). The maximum atomic E-state index is 12.9. The first-order chi connectivity index (χ1) is 12.5. The molecule has 2 N–H and O–H groups in total. The summed E-state index contributed by atoms with van der Waals surface area (Å²) in [5.41, 5.74) is 0.846. The molecule has 2 aromatic heterocycles. The lowest BCUT2D eigenvalue weighted by molar-refractivity contribution is -0.138. The van der Waals surface area contributed by atoms with Gasteiger partial charge < -0.3 is 10.4 Å². The van der Waals surface area contributed by atoms with E-state index in [4.69, 9.17) is 0 Å². The van der Waals surface area contributed by atoms with Crippen molar-refractivity contribution in [2.24, 2.45) is 0 Å². The van der Waals surface area contributed by atoms with Gasteiger partial charge in [-0.05, 0) is 30.5 Å². The number of benzene rings is 1. The van der Waals surface area contributed by atoms with Crippen molar-refractivity contribution >= 4 is 39.1 Å². The minimum atomic E-state index is -0.930. The number of aliphatic carboxylic acids is 1. The first-order valence-corrected chi connectivity index (χ1v) is 8.94. The van der Waals surface area contributed by atoms with Crippen molar-refractivity contribution in [3.05, 3.63) is 57.5 Å². The zero-order valence-electron chi connectivity index (χ0n) is 13.6. The molecular formula is C18H15N3O4S. The Morgan fingerprint density at radius 3 is 2.81 bits per heavy atom. The normalized spacial score (nSPS) is 15.8. The summed E-state index contributed by atoms with van der Waals surface area (Å²) in [7, 11) is 0. The van der Waals surface area contributed by atoms with Gasteiger partial charge in [0.2, 0.25) is 5.91 Å². The Hall–Kier alpha value is -3.00. The van der Waals surface area contributed by atoms with E-state index in [-0.39, 0.29) is 18.0 Å². The number of hydrogen-bond donors (Lipinski definition) is 2. The molecule has 3 aromatic rings. The molecule has 0 saturated heterocycles. The van der Waals surface area contributed by atoms with Crippen LogP contribution in [0, 0.1) is 0 Å². The van der Waals surface area contributed by atoms with E-state index in [1.54, 1.807) is 24.3 Å². The second-order valence-corrected chi connectivity index (χ2v) is 7.22. The fourth-order valence-corrected chi connectivity index (χ4v) is 4.51. The Morgan fingerprint density at radius 1 is 1.31 bits per heavy atom. The lowest BCUT2D eigenvalue weighted by Crippen LogP contribution is -2.28. The van der Waals surface area contributed by atoms with E-state index in [1.807, 2.05) is 6.07 Å². The Labute approximate surface area is 151 Å². The number of nitrogens with zero attached hydrogens (tertiary/aromatic N) is 2. The zero-order chi connectivity index (χ0) is 18.3. The standard InChI is InChI=1S/C18H15N3O4S/c22-13(20-10-4-2-1-3-5-10)8-21-9-19-16-15(17(21)23)14-11(18(24)25)6-7-12(14)26-16/h1-5,9,11H,6-8H2,(H,20,22)(H,24,25). The molecule has 0 spiro atoms. The predicted octanol–water partition coefficient (Wildman–Crippen LogP) is 2.21. The maximum Gasteiger partial charge on any atom is 0.311 e. The first-order valence-electron chi connectivity index (χ1n) is 8.13. The van der Waals surface area contributed by atoms with Crippen LogP contribution in [0.3, 0.4) is 0 Å². The van der Waals surface area contributed by atoms with Gasteiger partial charge in [0.25, 0.3) is 5.56 Å². The minimum absolute atomic E-state index is 0.182. The van der Waals surface area contributed by atoms with Crippen LogP contribution in [0.5, 0.6) is 0 Å². The Bertz CT molecular complexity index is 1070. The van der Waals surface area contributed by atoms with Crippen LogP contribution in [0.1, 0.15) is 22.8 Å². The van der Waals surface area contributed by atoms with E-state index in [0.717, 1.165) is 4.88 Å². The molecule has 2 heterocycles.